The molecule has 0 bridgehead atoms. The van der Waals surface area contributed by atoms with Gasteiger partial charge >= 0.3 is 0 Å². The molecule has 0 aliphatic carbocycles. The number of amides is 2. The highest BCUT2D eigenvalue weighted by molar-refractivity contribution is 5.92. The van der Waals surface area contributed by atoms with Crippen molar-refractivity contribution in [3.8, 4) is 0 Å². The average molecular weight is 300 g/mol. The predicted molar refractivity (Wildman–Crippen MR) is 89.0 cm³/mol. The third-order valence-electron chi connectivity index (χ3n) is 3.29. The van der Waals surface area contributed by atoms with Crippen LogP contribution in [-0.4, -0.2) is 35.7 Å². The molecule has 0 unspecified atom stereocenters. The molecule has 0 saturated heterocycles. The maximum absolute atomic E-state index is 11.8. The van der Waals surface area contributed by atoms with Crippen molar-refractivity contribution in [3.63, 3.8) is 0 Å². The third kappa shape index (κ3) is 4.88. The van der Waals surface area contributed by atoms with E-state index in [0.29, 0.717) is 24.2 Å². The number of hydrogen-bond donors (Lipinski definition) is 0. The van der Waals surface area contributed by atoms with Gasteiger partial charge in [-0.2, -0.15) is 0 Å². The minimum atomic E-state index is -0.0594. The van der Waals surface area contributed by atoms with Crippen LogP contribution in [0, 0.1) is 0 Å². The van der Waals surface area contributed by atoms with Crippen molar-refractivity contribution < 1.29 is 9.59 Å². The summed E-state index contributed by atoms with van der Waals surface area (Å²) >= 11 is 0. The first-order valence-electron chi connectivity index (χ1n) is 7.12. The quantitative estimate of drug-likeness (QED) is 0.758. The Morgan fingerprint density at radius 3 is 1.32 bits per heavy atom. The van der Waals surface area contributed by atoms with E-state index in [4.69, 9.17) is 0 Å². The Kier molecular flexibility index (Phi) is 6.11. The molecular formula is C18H24N2O2. The van der Waals surface area contributed by atoms with Crippen LogP contribution in [0.2, 0.25) is 0 Å². The summed E-state index contributed by atoms with van der Waals surface area (Å²) in [5, 5.41) is 0. The number of benzene rings is 1. The molecule has 0 radical (unpaired) electrons. The molecule has 118 valence electrons. The average Bonchev–Trinajstić information content (AvgIpc) is 2.47. The lowest BCUT2D eigenvalue weighted by atomic mass is 10.1. The van der Waals surface area contributed by atoms with E-state index in [1.807, 2.05) is 24.3 Å². The molecule has 4 heteroatoms. The van der Waals surface area contributed by atoms with Crippen molar-refractivity contribution in [1.29, 1.82) is 0 Å². The second-order valence-electron chi connectivity index (χ2n) is 5.70. The largest absolute Gasteiger partial charge is 0.338 e. The van der Waals surface area contributed by atoms with Gasteiger partial charge in [0.2, 0.25) is 11.8 Å². The first-order chi connectivity index (χ1) is 10.2. The fourth-order valence-corrected chi connectivity index (χ4v) is 2.09. The Hall–Kier alpha value is -2.36. The molecule has 0 aliphatic rings. The minimum Gasteiger partial charge on any atom is -0.338 e. The van der Waals surface area contributed by atoms with Gasteiger partial charge in [0.1, 0.15) is 0 Å². The van der Waals surface area contributed by atoms with Crippen LogP contribution in [0.5, 0.6) is 0 Å². The van der Waals surface area contributed by atoms with Crippen LogP contribution in [0.15, 0.2) is 48.6 Å². The van der Waals surface area contributed by atoms with Crippen molar-refractivity contribution in [3.05, 3.63) is 59.7 Å². The summed E-state index contributed by atoms with van der Waals surface area (Å²) in [5.74, 6) is -0.119. The van der Waals surface area contributed by atoms with Crippen LogP contribution >= 0.6 is 0 Å². The number of nitrogens with zero attached hydrogens (tertiary/aromatic N) is 2. The molecule has 4 nitrogen and oxygen atoms in total. The zero-order valence-corrected chi connectivity index (χ0v) is 13.8. The lowest BCUT2D eigenvalue weighted by molar-refractivity contribution is -0.127. The van der Waals surface area contributed by atoms with Gasteiger partial charge in [0.05, 0.1) is 0 Å². The molecule has 0 saturated carbocycles. The molecule has 1 aromatic carbocycles. The van der Waals surface area contributed by atoms with Crippen molar-refractivity contribution in [2.24, 2.45) is 0 Å². The van der Waals surface area contributed by atoms with Crippen LogP contribution < -0.4 is 0 Å². The zero-order chi connectivity index (χ0) is 16.9. The van der Waals surface area contributed by atoms with Gasteiger partial charge in [0.15, 0.2) is 0 Å². The van der Waals surface area contributed by atoms with Crippen LogP contribution in [0.3, 0.4) is 0 Å². The molecule has 0 fully saturated rings. The lowest BCUT2D eigenvalue weighted by Gasteiger charge is -2.19. The van der Waals surface area contributed by atoms with E-state index in [-0.39, 0.29) is 11.8 Å². The number of likely N-dealkylation sites (N-methyl/N-ethyl adjacent to an activating group) is 2. The molecule has 2 amide bonds. The molecule has 0 spiro atoms. The Bertz CT molecular complexity index is 535. The third-order valence-corrected chi connectivity index (χ3v) is 3.29. The van der Waals surface area contributed by atoms with E-state index < -0.39 is 0 Å². The van der Waals surface area contributed by atoms with Crippen LogP contribution in [0.4, 0.5) is 0 Å². The Labute approximate surface area is 132 Å². The topological polar surface area (TPSA) is 40.6 Å². The summed E-state index contributed by atoms with van der Waals surface area (Å²) in [4.78, 5) is 26.8. The highest BCUT2D eigenvalue weighted by Gasteiger charge is 2.11. The highest BCUT2D eigenvalue weighted by Crippen LogP contribution is 2.11. The number of rotatable bonds is 6. The normalized spacial score (nSPS) is 10.0. The molecule has 1 rings (SSSR count). The van der Waals surface area contributed by atoms with Gasteiger partial charge in [-0.15, -0.1) is 0 Å². The second kappa shape index (κ2) is 7.59. The van der Waals surface area contributed by atoms with Crippen molar-refractivity contribution in [2.75, 3.05) is 14.1 Å². The fourth-order valence-electron chi connectivity index (χ4n) is 2.09. The molecule has 22 heavy (non-hydrogen) atoms. The molecular weight excluding hydrogens is 276 g/mol. The van der Waals surface area contributed by atoms with E-state index in [1.54, 1.807) is 37.7 Å². The first-order valence-corrected chi connectivity index (χ1v) is 7.12. The van der Waals surface area contributed by atoms with E-state index in [9.17, 15) is 9.59 Å². The molecule has 0 aromatic heterocycles. The lowest BCUT2D eigenvalue weighted by Crippen LogP contribution is -2.27. The fraction of sp³-hybridized carbons (Fsp3) is 0.333. The molecule has 0 atom stereocenters. The second-order valence-corrected chi connectivity index (χ2v) is 5.70. The number of hydrogen-bond acceptors (Lipinski definition) is 2. The maximum Gasteiger partial charge on any atom is 0.248 e. The SMILES string of the molecule is C=C(C)C(=O)N(C)Cc1ccc(CN(C)C(=O)C(=C)C)cc1. The van der Waals surface area contributed by atoms with Gasteiger partial charge in [0, 0.05) is 38.3 Å². The summed E-state index contributed by atoms with van der Waals surface area (Å²) in [6.45, 7) is 11.8. The van der Waals surface area contributed by atoms with Crippen molar-refractivity contribution >= 4 is 11.8 Å². The molecule has 0 N–H and O–H groups in total. The van der Waals surface area contributed by atoms with Crippen LogP contribution in [0.1, 0.15) is 25.0 Å². The summed E-state index contributed by atoms with van der Waals surface area (Å²) in [7, 11) is 3.51. The van der Waals surface area contributed by atoms with Gasteiger partial charge in [-0.3, -0.25) is 9.59 Å². The number of carbonyl (C=O) groups is 2. The Morgan fingerprint density at radius 1 is 0.818 bits per heavy atom. The standard InChI is InChI=1S/C18H24N2O2/c1-13(2)17(21)19(5)11-15-7-9-16(10-8-15)12-20(6)18(22)14(3)4/h7-10H,1,3,11-12H2,2,4-6H3. The van der Waals surface area contributed by atoms with E-state index in [2.05, 4.69) is 13.2 Å². The van der Waals surface area contributed by atoms with Gasteiger partial charge in [-0.25, -0.2) is 0 Å². The van der Waals surface area contributed by atoms with Crippen LogP contribution in [0.25, 0.3) is 0 Å². The van der Waals surface area contributed by atoms with Gasteiger partial charge in [-0.1, -0.05) is 37.4 Å². The summed E-state index contributed by atoms with van der Waals surface area (Å²) in [6.07, 6.45) is 0. The summed E-state index contributed by atoms with van der Waals surface area (Å²) in [6, 6.07) is 7.88. The van der Waals surface area contributed by atoms with Crippen molar-refractivity contribution in [2.45, 2.75) is 26.9 Å². The minimum absolute atomic E-state index is 0.0594. The van der Waals surface area contributed by atoms with Gasteiger partial charge in [0.25, 0.3) is 0 Å². The van der Waals surface area contributed by atoms with E-state index >= 15 is 0 Å². The van der Waals surface area contributed by atoms with Gasteiger partial charge < -0.3 is 9.80 Å². The van der Waals surface area contributed by atoms with E-state index in [0.717, 1.165) is 11.1 Å². The monoisotopic (exact) mass is 300 g/mol. The first kappa shape index (κ1) is 17.7. The number of carbonyl (C=O) groups excluding carboxylic acids is 2. The summed E-state index contributed by atoms with van der Waals surface area (Å²) < 4.78 is 0. The molecule has 0 heterocycles. The van der Waals surface area contributed by atoms with Crippen LogP contribution in [-0.2, 0) is 22.7 Å². The van der Waals surface area contributed by atoms with Crippen molar-refractivity contribution in [1.82, 2.24) is 9.80 Å². The molecule has 1 aromatic rings. The zero-order valence-electron chi connectivity index (χ0n) is 13.8. The Balaban J connectivity index is 2.67. The van der Waals surface area contributed by atoms with E-state index in [1.165, 1.54) is 0 Å². The van der Waals surface area contributed by atoms with Gasteiger partial charge in [-0.05, 0) is 25.0 Å². The maximum atomic E-state index is 11.8. The summed E-state index contributed by atoms with van der Waals surface area (Å²) in [5.41, 5.74) is 3.13. The predicted octanol–water partition coefficient (Wildman–Crippen LogP) is 2.76. The highest BCUT2D eigenvalue weighted by atomic mass is 16.2. The molecule has 0 aliphatic heterocycles. The Morgan fingerprint density at radius 2 is 1.09 bits per heavy atom. The smallest absolute Gasteiger partial charge is 0.248 e.